The predicted octanol–water partition coefficient (Wildman–Crippen LogP) is 2.29. The number of rotatable bonds is 3. The first-order valence-electron chi connectivity index (χ1n) is 5.71. The van der Waals surface area contributed by atoms with Crippen molar-refractivity contribution in [1.82, 2.24) is 9.97 Å². The topological polar surface area (TPSA) is 55.0 Å². The van der Waals surface area contributed by atoms with Crippen molar-refractivity contribution < 1.29 is 9.53 Å². The average Bonchev–Trinajstić information content (AvgIpc) is 2.60. The fraction of sp³-hybridized carbons (Fsp3) is 0.385. The molecule has 4 heteroatoms. The number of nitrogens with zero attached hydrogens (tertiary/aromatic N) is 1. The van der Waals surface area contributed by atoms with E-state index in [1.165, 1.54) is 11.1 Å². The van der Waals surface area contributed by atoms with Crippen LogP contribution in [0.25, 0.3) is 11.0 Å². The number of aromatic nitrogens is 2. The Morgan fingerprint density at radius 1 is 1.35 bits per heavy atom. The van der Waals surface area contributed by atoms with Crippen LogP contribution in [-0.2, 0) is 16.0 Å². The number of H-pyrrole nitrogens is 1. The van der Waals surface area contributed by atoms with Crippen molar-refractivity contribution in [3.63, 3.8) is 0 Å². The minimum absolute atomic E-state index is 0.195. The van der Waals surface area contributed by atoms with Gasteiger partial charge in [0.15, 0.2) is 0 Å². The molecule has 4 nitrogen and oxygen atoms in total. The summed E-state index contributed by atoms with van der Waals surface area (Å²) >= 11 is 0. The van der Waals surface area contributed by atoms with Gasteiger partial charge in [0.05, 0.1) is 17.6 Å². The van der Waals surface area contributed by atoms with Crippen LogP contribution in [0.3, 0.4) is 0 Å². The first-order chi connectivity index (χ1) is 8.10. The highest BCUT2D eigenvalue weighted by Crippen LogP contribution is 2.17. The second kappa shape index (κ2) is 4.57. The van der Waals surface area contributed by atoms with Gasteiger partial charge in [0.1, 0.15) is 12.2 Å². The van der Waals surface area contributed by atoms with Gasteiger partial charge < -0.3 is 9.72 Å². The molecule has 0 spiro atoms. The molecule has 0 aliphatic rings. The van der Waals surface area contributed by atoms with Gasteiger partial charge in [0.2, 0.25) is 0 Å². The summed E-state index contributed by atoms with van der Waals surface area (Å²) in [5, 5.41) is 0. The van der Waals surface area contributed by atoms with Gasteiger partial charge in [-0.15, -0.1) is 0 Å². The summed E-state index contributed by atoms with van der Waals surface area (Å²) < 4.78 is 4.89. The van der Waals surface area contributed by atoms with Crippen molar-refractivity contribution in [3.05, 3.63) is 29.1 Å². The number of ether oxygens (including phenoxy) is 1. The van der Waals surface area contributed by atoms with Gasteiger partial charge in [-0.05, 0) is 44.0 Å². The summed E-state index contributed by atoms with van der Waals surface area (Å²) in [5.74, 6) is 0.406. The maximum Gasteiger partial charge on any atom is 0.313 e. The number of carbonyl (C=O) groups excluding carboxylic acids is 1. The van der Waals surface area contributed by atoms with E-state index >= 15 is 0 Å². The lowest BCUT2D eigenvalue weighted by Crippen LogP contribution is -2.08. The Morgan fingerprint density at radius 2 is 2.06 bits per heavy atom. The third-order valence-corrected chi connectivity index (χ3v) is 2.76. The lowest BCUT2D eigenvalue weighted by atomic mass is 10.1. The van der Waals surface area contributed by atoms with Crippen LogP contribution in [-0.4, -0.2) is 22.5 Å². The molecule has 1 N–H and O–H groups in total. The molecule has 0 atom stereocenters. The number of benzene rings is 1. The van der Waals surface area contributed by atoms with Crippen molar-refractivity contribution in [3.8, 4) is 0 Å². The van der Waals surface area contributed by atoms with Gasteiger partial charge in [0.25, 0.3) is 0 Å². The summed E-state index contributed by atoms with van der Waals surface area (Å²) in [6.07, 6.45) is 0.195. The average molecular weight is 232 g/mol. The quantitative estimate of drug-likeness (QED) is 0.826. The number of aryl methyl sites for hydroxylation is 2. The number of fused-ring (bicyclic) bond motifs is 1. The molecule has 0 radical (unpaired) electrons. The first kappa shape index (κ1) is 11.6. The summed E-state index contributed by atoms with van der Waals surface area (Å²) in [4.78, 5) is 18.9. The van der Waals surface area contributed by atoms with Crippen LogP contribution in [0.2, 0.25) is 0 Å². The van der Waals surface area contributed by atoms with Crippen molar-refractivity contribution in [2.75, 3.05) is 6.61 Å². The molecule has 2 rings (SSSR count). The molecule has 0 fully saturated rings. The highest BCUT2D eigenvalue weighted by atomic mass is 16.5. The zero-order chi connectivity index (χ0) is 12.4. The van der Waals surface area contributed by atoms with E-state index in [0.29, 0.717) is 12.4 Å². The minimum atomic E-state index is -0.250. The number of imidazole rings is 1. The Bertz CT molecular complexity index is 519. The van der Waals surface area contributed by atoms with E-state index in [4.69, 9.17) is 4.74 Å². The number of esters is 1. The Hall–Kier alpha value is -1.84. The number of aromatic amines is 1. The second-order valence-corrected chi connectivity index (χ2v) is 4.12. The van der Waals surface area contributed by atoms with E-state index in [-0.39, 0.29) is 12.4 Å². The van der Waals surface area contributed by atoms with Gasteiger partial charge in [0, 0.05) is 0 Å². The van der Waals surface area contributed by atoms with Crippen molar-refractivity contribution in [2.45, 2.75) is 27.2 Å². The molecule has 1 heterocycles. The molecule has 90 valence electrons. The van der Waals surface area contributed by atoms with Crippen LogP contribution in [0.5, 0.6) is 0 Å². The SMILES string of the molecule is CCOC(=O)Cc1nc2cc(C)c(C)cc2[nH]1. The van der Waals surface area contributed by atoms with Crippen LogP contribution in [0.15, 0.2) is 12.1 Å². The fourth-order valence-electron chi connectivity index (χ4n) is 1.75. The monoisotopic (exact) mass is 232 g/mol. The number of nitrogens with one attached hydrogen (secondary N) is 1. The minimum Gasteiger partial charge on any atom is -0.466 e. The largest absolute Gasteiger partial charge is 0.466 e. The molecular weight excluding hydrogens is 216 g/mol. The van der Waals surface area contributed by atoms with Crippen LogP contribution < -0.4 is 0 Å². The molecular formula is C13H16N2O2. The second-order valence-electron chi connectivity index (χ2n) is 4.12. The highest BCUT2D eigenvalue weighted by molar-refractivity contribution is 5.79. The molecule has 1 aromatic heterocycles. The van der Waals surface area contributed by atoms with E-state index in [0.717, 1.165) is 11.0 Å². The third kappa shape index (κ3) is 2.46. The maximum atomic E-state index is 11.3. The van der Waals surface area contributed by atoms with E-state index in [9.17, 15) is 4.79 Å². The van der Waals surface area contributed by atoms with Crippen molar-refractivity contribution in [1.29, 1.82) is 0 Å². The van der Waals surface area contributed by atoms with Gasteiger partial charge in [-0.1, -0.05) is 0 Å². The molecule has 1 aromatic carbocycles. The molecule has 0 saturated heterocycles. The van der Waals surface area contributed by atoms with Gasteiger partial charge in [-0.3, -0.25) is 4.79 Å². The van der Waals surface area contributed by atoms with Crippen LogP contribution >= 0.6 is 0 Å². The number of hydrogen-bond donors (Lipinski definition) is 1. The van der Waals surface area contributed by atoms with Crippen molar-refractivity contribution in [2.24, 2.45) is 0 Å². The van der Waals surface area contributed by atoms with Crippen LogP contribution in [0.1, 0.15) is 23.9 Å². The lowest BCUT2D eigenvalue weighted by molar-refractivity contribution is -0.142. The van der Waals surface area contributed by atoms with E-state index < -0.39 is 0 Å². The molecule has 2 aromatic rings. The molecule has 0 aliphatic heterocycles. The molecule has 0 bridgehead atoms. The highest BCUT2D eigenvalue weighted by Gasteiger charge is 2.09. The predicted molar refractivity (Wildman–Crippen MR) is 65.9 cm³/mol. The van der Waals surface area contributed by atoms with E-state index in [2.05, 4.69) is 23.8 Å². The Kier molecular flexibility index (Phi) is 3.13. The van der Waals surface area contributed by atoms with Crippen molar-refractivity contribution >= 4 is 17.0 Å². The third-order valence-electron chi connectivity index (χ3n) is 2.76. The fourth-order valence-corrected chi connectivity index (χ4v) is 1.75. The molecule has 0 aliphatic carbocycles. The summed E-state index contributed by atoms with van der Waals surface area (Å²) in [6.45, 7) is 6.30. The molecule has 0 amide bonds. The van der Waals surface area contributed by atoms with Gasteiger partial charge >= 0.3 is 5.97 Å². The summed E-state index contributed by atoms with van der Waals surface area (Å²) in [6, 6.07) is 4.07. The van der Waals surface area contributed by atoms with Crippen LogP contribution in [0.4, 0.5) is 0 Å². The lowest BCUT2D eigenvalue weighted by Gasteiger charge is -1.97. The number of hydrogen-bond acceptors (Lipinski definition) is 3. The Balaban J connectivity index is 2.29. The zero-order valence-corrected chi connectivity index (χ0v) is 10.3. The molecule has 17 heavy (non-hydrogen) atoms. The maximum absolute atomic E-state index is 11.3. The zero-order valence-electron chi connectivity index (χ0n) is 10.3. The van der Waals surface area contributed by atoms with Crippen LogP contribution in [0, 0.1) is 13.8 Å². The Labute approximate surface area is 100 Å². The normalized spacial score (nSPS) is 10.8. The van der Waals surface area contributed by atoms with E-state index in [1.807, 2.05) is 12.1 Å². The first-order valence-corrected chi connectivity index (χ1v) is 5.71. The number of carbonyl (C=O) groups is 1. The molecule has 0 unspecified atom stereocenters. The standard InChI is InChI=1S/C13H16N2O2/c1-4-17-13(16)7-12-14-10-5-8(2)9(3)6-11(10)15-12/h5-6H,4,7H2,1-3H3,(H,14,15). The summed E-state index contributed by atoms with van der Waals surface area (Å²) in [7, 11) is 0. The molecule has 0 saturated carbocycles. The smallest absolute Gasteiger partial charge is 0.313 e. The van der Waals surface area contributed by atoms with Gasteiger partial charge in [-0.2, -0.15) is 0 Å². The van der Waals surface area contributed by atoms with Gasteiger partial charge in [-0.25, -0.2) is 4.98 Å². The summed E-state index contributed by atoms with van der Waals surface area (Å²) in [5.41, 5.74) is 4.27. The Morgan fingerprint density at radius 3 is 2.76 bits per heavy atom. The van der Waals surface area contributed by atoms with E-state index in [1.54, 1.807) is 6.92 Å².